The molecule has 0 aromatic heterocycles. The van der Waals surface area contributed by atoms with Gasteiger partial charge in [-0.15, -0.1) is 0 Å². The van der Waals surface area contributed by atoms with Crippen molar-refractivity contribution in [2.24, 2.45) is 4.99 Å². The van der Waals surface area contributed by atoms with E-state index in [2.05, 4.69) is 4.99 Å². The lowest BCUT2D eigenvalue weighted by molar-refractivity contribution is -0.114. The lowest BCUT2D eigenvalue weighted by atomic mass is 10.1. The summed E-state index contributed by atoms with van der Waals surface area (Å²) in [5, 5.41) is 8.90. The molecule has 8 heteroatoms. The maximum atomic E-state index is 13.9. The van der Waals surface area contributed by atoms with Gasteiger partial charge in [0.25, 0.3) is 5.91 Å². The van der Waals surface area contributed by atoms with Gasteiger partial charge in [0.2, 0.25) is 0 Å². The molecule has 0 aliphatic carbocycles. The molecule has 0 fully saturated rings. The van der Waals surface area contributed by atoms with Crippen LogP contribution in [0.1, 0.15) is 25.0 Å². The largest absolute Gasteiger partial charge is 0.490 e. The van der Waals surface area contributed by atoms with Crippen molar-refractivity contribution in [2.75, 3.05) is 6.61 Å². The second-order valence-corrected chi connectivity index (χ2v) is 8.05. The van der Waals surface area contributed by atoms with Crippen LogP contribution in [-0.2, 0) is 11.4 Å². The fourth-order valence-corrected chi connectivity index (χ4v) is 3.96. The van der Waals surface area contributed by atoms with Crippen LogP contribution in [-0.4, -0.2) is 28.4 Å². The molecule has 1 amide bonds. The minimum atomic E-state index is -0.454. The summed E-state index contributed by atoms with van der Waals surface area (Å²) in [4.78, 5) is 19.1. The number of carbonyl (C=O) groups excluding carboxylic acids is 1. The van der Waals surface area contributed by atoms with Gasteiger partial charge in [0, 0.05) is 16.7 Å². The van der Waals surface area contributed by atoms with Gasteiger partial charge in [-0.25, -0.2) is 4.39 Å². The quantitative estimate of drug-likeness (QED) is 0.646. The van der Waals surface area contributed by atoms with Crippen LogP contribution < -0.4 is 9.47 Å². The second-order valence-electron chi connectivity index (χ2n) is 6.84. The number of nitrogens with one attached hydrogen (secondary N) is 1. The Hall–Kier alpha value is -3.39. The fraction of sp³-hybridized carbons (Fsp3) is 0.174. The number of benzene rings is 2. The van der Waals surface area contributed by atoms with Crippen molar-refractivity contribution < 1.29 is 18.7 Å². The summed E-state index contributed by atoms with van der Waals surface area (Å²) in [5.41, 5.74) is 1.30. The predicted molar refractivity (Wildman–Crippen MR) is 120 cm³/mol. The Labute approximate surface area is 183 Å². The van der Waals surface area contributed by atoms with E-state index in [0.29, 0.717) is 34.4 Å². The highest BCUT2D eigenvalue weighted by atomic mass is 32.2. The van der Waals surface area contributed by atoms with Gasteiger partial charge in [-0.1, -0.05) is 36.0 Å². The van der Waals surface area contributed by atoms with E-state index >= 15 is 0 Å². The first-order valence-electron chi connectivity index (χ1n) is 9.68. The van der Waals surface area contributed by atoms with E-state index in [0.717, 1.165) is 4.91 Å². The van der Waals surface area contributed by atoms with Crippen LogP contribution in [0.4, 0.5) is 4.39 Å². The molecule has 0 radical (unpaired) electrons. The number of amides is 1. The zero-order valence-corrected chi connectivity index (χ0v) is 17.8. The Kier molecular flexibility index (Phi) is 5.90. The van der Waals surface area contributed by atoms with Crippen LogP contribution in [0.5, 0.6) is 11.5 Å². The van der Waals surface area contributed by atoms with Gasteiger partial charge in [0.05, 0.1) is 12.2 Å². The number of rotatable bonds is 6. The predicted octanol–water partition coefficient (Wildman–Crippen LogP) is 4.97. The lowest BCUT2D eigenvalue weighted by Gasteiger charge is -2.22. The molecule has 6 nitrogen and oxygen atoms in total. The van der Waals surface area contributed by atoms with Gasteiger partial charge in [-0.2, -0.15) is 4.99 Å². The third-order valence-electron chi connectivity index (χ3n) is 4.61. The van der Waals surface area contributed by atoms with Crippen molar-refractivity contribution in [3.63, 3.8) is 0 Å². The summed E-state index contributed by atoms with van der Waals surface area (Å²) in [7, 11) is 0. The number of halogens is 1. The zero-order valence-electron chi connectivity index (χ0n) is 17.0. The molecule has 158 valence electrons. The van der Waals surface area contributed by atoms with Crippen molar-refractivity contribution in [3.05, 3.63) is 76.1 Å². The maximum Gasteiger partial charge on any atom is 0.283 e. The van der Waals surface area contributed by atoms with Crippen molar-refractivity contribution >= 4 is 34.7 Å². The third kappa shape index (κ3) is 4.39. The smallest absolute Gasteiger partial charge is 0.283 e. The lowest BCUT2D eigenvalue weighted by Crippen LogP contribution is -2.35. The Morgan fingerprint density at radius 1 is 1.19 bits per heavy atom. The van der Waals surface area contributed by atoms with Crippen LogP contribution in [0.15, 0.2) is 64.1 Å². The molecule has 31 heavy (non-hydrogen) atoms. The average molecular weight is 437 g/mol. The first-order valence-corrected chi connectivity index (χ1v) is 10.5. The van der Waals surface area contributed by atoms with E-state index < -0.39 is 5.91 Å². The number of amidine groups is 2. The molecule has 2 aromatic rings. The highest BCUT2D eigenvalue weighted by Gasteiger charge is 2.32. The van der Waals surface area contributed by atoms with Gasteiger partial charge in [-0.3, -0.25) is 15.1 Å². The number of aliphatic imine (C=N–C) groups is 1. The normalized spacial score (nSPS) is 16.9. The van der Waals surface area contributed by atoms with Crippen molar-refractivity contribution in [1.29, 1.82) is 5.41 Å². The van der Waals surface area contributed by atoms with Crippen LogP contribution >= 0.6 is 11.8 Å². The zero-order chi connectivity index (χ0) is 22.0. The minimum absolute atomic E-state index is 0.0616. The van der Waals surface area contributed by atoms with E-state index in [-0.39, 0.29) is 23.8 Å². The molecule has 0 unspecified atom stereocenters. The number of fused-ring (bicyclic) bond motifs is 1. The number of hydrogen-bond donors (Lipinski definition) is 1. The van der Waals surface area contributed by atoms with Gasteiger partial charge in [0.15, 0.2) is 16.7 Å². The summed E-state index contributed by atoms with van der Waals surface area (Å²) in [6, 6.07) is 11.6. The van der Waals surface area contributed by atoms with Gasteiger partial charge >= 0.3 is 0 Å². The molecule has 2 aliphatic heterocycles. The van der Waals surface area contributed by atoms with E-state index in [1.165, 1.54) is 17.8 Å². The van der Waals surface area contributed by atoms with E-state index in [1.807, 2.05) is 13.8 Å². The number of thioether (sulfide) groups is 1. The number of ether oxygens (including phenoxy) is 2. The van der Waals surface area contributed by atoms with E-state index in [4.69, 9.17) is 14.9 Å². The molecule has 0 bridgehead atoms. The molecule has 2 aliphatic rings. The number of nitrogens with zero attached hydrogens (tertiary/aromatic N) is 2. The molecule has 2 heterocycles. The van der Waals surface area contributed by atoms with Crippen molar-refractivity contribution in [3.8, 4) is 11.5 Å². The SMILES string of the molecule is CCOc1cc(/C=C2\C(=N)N3C=C(C)SC3=NC2=O)ccc1OCc1ccccc1F. The standard InChI is InChI=1S/C23H20FN3O3S/c1-3-29-20-11-15(8-9-19(20)30-13-16-6-4-5-7-18(16)24)10-17-21(25)27-12-14(2)31-23(27)26-22(17)28/h4-12,25H,3,13H2,1-2H3/b17-10+,25-21?. The first kappa shape index (κ1) is 20.9. The van der Waals surface area contributed by atoms with E-state index in [1.54, 1.807) is 53.6 Å². The average Bonchev–Trinajstić information content (AvgIpc) is 3.12. The van der Waals surface area contributed by atoms with E-state index in [9.17, 15) is 9.18 Å². The Morgan fingerprint density at radius 3 is 2.77 bits per heavy atom. The number of allylic oxidation sites excluding steroid dienone is 1. The van der Waals surface area contributed by atoms with Crippen LogP contribution in [0.2, 0.25) is 0 Å². The van der Waals surface area contributed by atoms with Crippen molar-refractivity contribution in [2.45, 2.75) is 20.5 Å². The maximum absolute atomic E-state index is 13.9. The highest BCUT2D eigenvalue weighted by Crippen LogP contribution is 2.34. The minimum Gasteiger partial charge on any atom is -0.490 e. The third-order valence-corrected chi connectivity index (χ3v) is 5.51. The van der Waals surface area contributed by atoms with Crippen molar-refractivity contribution in [1.82, 2.24) is 4.90 Å². The monoisotopic (exact) mass is 437 g/mol. The first-order chi connectivity index (χ1) is 15.0. The number of carbonyl (C=O) groups is 1. The van der Waals surface area contributed by atoms with Crippen LogP contribution in [0.25, 0.3) is 6.08 Å². The summed E-state index contributed by atoms with van der Waals surface area (Å²) in [6.07, 6.45) is 3.40. The molecule has 0 spiro atoms. The van der Waals surface area contributed by atoms with Gasteiger partial charge in [0.1, 0.15) is 18.3 Å². The van der Waals surface area contributed by atoms with Gasteiger partial charge in [-0.05, 0) is 43.7 Å². The highest BCUT2D eigenvalue weighted by molar-refractivity contribution is 8.17. The fourth-order valence-electron chi connectivity index (χ4n) is 3.14. The Morgan fingerprint density at radius 2 is 2.00 bits per heavy atom. The molecule has 1 N–H and O–H groups in total. The second kappa shape index (κ2) is 8.77. The Bertz CT molecular complexity index is 1160. The molecule has 2 aromatic carbocycles. The molecule has 4 rings (SSSR count). The van der Waals surface area contributed by atoms with Crippen LogP contribution in [0, 0.1) is 11.2 Å². The summed E-state index contributed by atoms with van der Waals surface area (Å²) in [6.45, 7) is 4.23. The van der Waals surface area contributed by atoms with Crippen LogP contribution in [0.3, 0.4) is 0 Å². The summed E-state index contributed by atoms with van der Waals surface area (Å²) in [5.74, 6) is 0.231. The molecule has 0 saturated carbocycles. The Balaban J connectivity index is 1.60. The molecular formula is C23H20FN3O3S. The van der Waals surface area contributed by atoms with Gasteiger partial charge < -0.3 is 9.47 Å². The molecular weight excluding hydrogens is 417 g/mol. The molecule has 0 saturated heterocycles. The summed E-state index contributed by atoms with van der Waals surface area (Å²) >= 11 is 1.37. The molecule has 0 atom stereocenters. The number of hydrogen-bond acceptors (Lipinski definition) is 5. The summed E-state index contributed by atoms with van der Waals surface area (Å²) < 4.78 is 25.3. The topological polar surface area (TPSA) is 75.0 Å².